The van der Waals surface area contributed by atoms with E-state index < -0.39 is 6.04 Å². The van der Waals surface area contributed by atoms with Crippen molar-refractivity contribution in [1.29, 1.82) is 0 Å². The number of nitrogens with one attached hydrogen (secondary N) is 1. The molecule has 2 atom stereocenters. The Morgan fingerprint density at radius 1 is 1.58 bits per heavy atom. The molecule has 1 aliphatic heterocycles. The molecule has 3 N–H and O–H groups in total. The van der Waals surface area contributed by atoms with Gasteiger partial charge in [0.05, 0.1) is 18.7 Å². The molecular formula is C13H18Cl2N2O2. The van der Waals surface area contributed by atoms with Crippen LogP contribution in [0.4, 0.5) is 0 Å². The monoisotopic (exact) mass is 304 g/mol. The predicted octanol–water partition coefficient (Wildman–Crippen LogP) is 2.44. The van der Waals surface area contributed by atoms with Gasteiger partial charge in [0.25, 0.3) is 0 Å². The molecule has 1 aliphatic rings. The molecule has 19 heavy (non-hydrogen) atoms. The highest BCUT2D eigenvalue weighted by Gasteiger charge is 2.22. The zero-order chi connectivity index (χ0) is 13.1. The average molecular weight is 305 g/mol. The fraction of sp³-hybridized carbons (Fsp3) is 0.462. The van der Waals surface area contributed by atoms with E-state index in [2.05, 4.69) is 5.32 Å². The van der Waals surface area contributed by atoms with Crippen molar-refractivity contribution in [2.45, 2.75) is 31.8 Å². The molecule has 0 fully saturated rings. The molecule has 1 aromatic carbocycles. The number of nitrogens with two attached hydrogens (primary N) is 1. The van der Waals surface area contributed by atoms with E-state index >= 15 is 0 Å². The summed E-state index contributed by atoms with van der Waals surface area (Å²) in [6.45, 7) is 2.31. The van der Waals surface area contributed by atoms with Gasteiger partial charge in [0.2, 0.25) is 5.91 Å². The Labute approximate surface area is 124 Å². The third-order valence-electron chi connectivity index (χ3n) is 2.98. The van der Waals surface area contributed by atoms with Crippen LogP contribution in [0.15, 0.2) is 18.2 Å². The van der Waals surface area contributed by atoms with Crippen molar-refractivity contribution < 1.29 is 9.53 Å². The molecular weight excluding hydrogens is 287 g/mol. The van der Waals surface area contributed by atoms with Gasteiger partial charge < -0.3 is 15.8 Å². The largest absolute Gasteiger partial charge is 0.493 e. The number of benzene rings is 1. The quantitative estimate of drug-likeness (QED) is 0.882. The summed E-state index contributed by atoms with van der Waals surface area (Å²) in [5.74, 6) is 0.595. The highest BCUT2D eigenvalue weighted by molar-refractivity contribution is 6.30. The van der Waals surface area contributed by atoms with Crippen molar-refractivity contribution in [2.24, 2.45) is 5.73 Å². The molecule has 0 spiro atoms. The van der Waals surface area contributed by atoms with Crippen LogP contribution in [0.25, 0.3) is 0 Å². The molecule has 0 bridgehead atoms. The molecule has 0 aromatic heterocycles. The zero-order valence-electron chi connectivity index (χ0n) is 10.7. The Hall–Kier alpha value is -0.970. The van der Waals surface area contributed by atoms with Gasteiger partial charge in [-0.15, -0.1) is 12.4 Å². The van der Waals surface area contributed by atoms with Gasteiger partial charge >= 0.3 is 0 Å². The van der Waals surface area contributed by atoms with Gasteiger partial charge in [-0.25, -0.2) is 0 Å². The number of halogens is 2. The fourth-order valence-electron chi connectivity index (χ4n) is 2.00. The van der Waals surface area contributed by atoms with Gasteiger partial charge in [-0.3, -0.25) is 4.79 Å². The minimum atomic E-state index is -0.509. The number of hydrogen-bond acceptors (Lipinski definition) is 3. The molecule has 4 nitrogen and oxygen atoms in total. The highest BCUT2D eigenvalue weighted by atomic mass is 35.5. The van der Waals surface area contributed by atoms with Crippen LogP contribution in [0.2, 0.25) is 5.02 Å². The summed E-state index contributed by atoms with van der Waals surface area (Å²) >= 11 is 5.95. The zero-order valence-corrected chi connectivity index (χ0v) is 12.3. The van der Waals surface area contributed by atoms with Crippen molar-refractivity contribution in [3.8, 4) is 5.75 Å². The van der Waals surface area contributed by atoms with Gasteiger partial charge in [0.15, 0.2) is 0 Å². The normalized spacial score (nSPS) is 19.2. The average Bonchev–Trinajstić information content (AvgIpc) is 2.51. The molecule has 0 saturated carbocycles. The summed E-state index contributed by atoms with van der Waals surface area (Å²) in [6, 6.07) is 4.92. The summed E-state index contributed by atoms with van der Waals surface area (Å²) in [4.78, 5) is 11.7. The first-order valence-corrected chi connectivity index (χ1v) is 6.44. The molecule has 106 valence electrons. The van der Waals surface area contributed by atoms with Gasteiger partial charge in [-0.2, -0.15) is 0 Å². The SMILES string of the molecule is CC(N)C(=O)NC1CCCOc2cc(Cl)ccc21.Cl. The first-order valence-electron chi connectivity index (χ1n) is 6.06. The predicted molar refractivity (Wildman–Crippen MR) is 78.0 cm³/mol. The van der Waals surface area contributed by atoms with Gasteiger partial charge in [0.1, 0.15) is 5.75 Å². The molecule has 2 unspecified atom stereocenters. The Balaban J connectivity index is 0.00000180. The van der Waals surface area contributed by atoms with Crippen LogP contribution in [0.5, 0.6) is 5.75 Å². The Morgan fingerprint density at radius 3 is 3.00 bits per heavy atom. The smallest absolute Gasteiger partial charge is 0.237 e. The number of rotatable bonds is 2. The summed E-state index contributed by atoms with van der Waals surface area (Å²) in [5, 5.41) is 3.58. The lowest BCUT2D eigenvalue weighted by Crippen LogP contribution is -2.40. The number of hydrogen-bond donors (Lipinski definition) is 2. The number of amides is 1. The van der Waals surface area contributed by atoms with Crippen molar-refractivity contribution in [1.82, 2.24) is 5.32 Å². The van der Waals surface area contributed by atoms with Gasteiger partial charge in [-0.1, -0.05) is 17.7 Å². The Morgan fingerprint density at radius 2 is 2.32 bits per heavy atom. The van der Waals surface area contributed by atoms with Crippen LogP contribution < -0.4 is 15.8 Å². The lowest BCUT2D eigenvalue weighted by Gasteiger charge is -2.19. The number of fused-ring (bicyclic) bond motifs is 1. The molecule has 0 radical (unpaired) electrons. The van der Waals surface area contributed by atoms with Crippen molar-refractivity contribution in [3.05, 3.63) is 28.8 Å². The summed E-state index contributed by atoms with van der Waals surface area (Å²) < 4.78 is 5.63. The second-order valence-corrected chi connectivity index (χ2v) is 4.96. The van der Waals surface area contributed by atoms with E-state index in [1.807, 2.05) is 6.07 Å². The Bertz CT molecular complexity index is 452. The molecule has 1 amide bonds. The maximum absolute atomic E-state index is 11.7. The Kier molecular flexibility index (Phi) is 5.91. The number of ether oxygens (including phenoxy) is 1. The van der Waals surface area contributed by atoms with Crippen molar-refractivity contribution >= 4 is 29.9 Å². The molecule has 2 rings (SSSR count). The highest BCUT2D eigenvalue weighted by Crippen LogP contribution is 2.33. The number of carbonyl (C=O) groups is 1. The van der Waals surface area contributed by atoms with Crippen LogP contribution in [-0.2, 0) is 4.79 Å². The van der Waals surface area contributed by atoms with Gasteiger partial charge in [-0.05, 0) is 31.9 Å². The van der Waals surface area contributed by atoms with Crippen molar-refractivity contribution in [3.63, 3.8) is 0 Å². The first-order chi connectivity index (χ1) is 8.58. The third kappa shape index (κ3) is 4.00. The van der Waals surface area contributed by atoms with Gasteiger partial charge in [0, 0.05) is 10.6 Å². The van der Waals surface area contributed by atoms with E-state index in [-0.39, 0.29) is 24.4 Å². The minimum absolute atomic E-state index is 0. The molecule has 0 saturated heterocycles. The van der Waals surface area contributed by atoms with E-state index in [1.54, 1.807) is 19.1 Å². The summed E-state index contributed by atoms with van der Waals surface area (Å²) in [6.07, 6.45) is 1.73. The summed E-state index contributed by atoms with van der Waals surface area (Å²) in [5.41, 5.74) is 6.54. The maximum Gasteiger partial charge on any atom is 0.237 e. The lowest BCUT2D eigenvalue weighted by molar-refractivity contribution is -0.122. The van der Waals surface area contributed by atoms with Crippen molar-refractivity contribution in [2.75, 3.05) is 6.61 Å². The van der Waals surface area contributed by atoms with Crippen LogP contribution >= 0.6 is 24.0 Å². The second kappa shape index (κ2) is 6.98. The minimum Gasteiger partial charge on any atom is -0.493 e. The second-order valence-electron chi connectivity index (χ2n) is 4.52. The fourth-order valence-corrected chi connectivity index (χ4v) is 2.16. The van der Waals surface area contributed by atoms with E-state index in [1.165, 1.54) is 0 Å². The number of carbonyl (C=O) groups excluding carboxylic acids is 1. The van der Waals surface area contributed by atoms with E-state index in [0.717, 1.165) is 24.2 Å². The molecule has 1 aromatic rings. The lowest BCUT2D eigenvalue weighted by atomic mass is 10.0. The maximum atomic E-state index is 11.7. The van der Waals surface area contributed by atoms with E-state index in [0.29, 0.717) is 11.6 Å². The molecule has 1 heterocycles. The van der Waals surface area contributed by atoms with Crippen LogP contribution in [0, 0.1) is 0 Å². The third-order valence-corrected chi connectivity index (χ3v) is 3.21. The first kappa shape index (κ1) is 16.1. The van der Waals surface area contributed by atoms with Crippen LogP contribution in [0.3, 0.4) is 0 Å². The standard InChI is InChI=1S/C13H17ClN2O2.ClH/c1-8(15)13(17)16-11-3-2-6-18-12-7-9(14)4-5-10(11)12;/h4-5,7-8,11H,2-3,6,15H2,1H3,(H,16,17);1H. The summed E-state index contributed by atoms with van der Waals surface area (Å²) in [7, 11) is 0. The molecule has 6 heteroatoms. The molecule has 0 aliphatic carbocycles. The van der Waals surface area contributed by atoms with E-state index in [4.69, 9.17) is 22.1 Å². The van der Waals surface area contributed by atoms with E-state index in [9.17, 15) is 4.79 Å². The van der Waals surface area contributed by atoms with Crippen LogP contribution in [0.1, 0.15) is 31.4 Å². The topological polar surface area (TPSA) is 64.4 Å². The van der Waals surface area contributed by atoms with Crippen LogP contribution in [-0.4, -0.2) is 18.6 Å².